The van der Waals surface area contributed by atoms with Gasteiger partial charge in [0.2, 0.25) is 11.8 Å². The molecule has 2 rings (SSSR count). The van der Waals surface area contributed by atoms with E-state index < -0.39 is 9.84 Å². The Morgan fingerprint density at radius 1 is 1.30 bits per heavy atom. The zero-order valence-corrected chi connectivity index (χ0v) is 13.0. The van der Waals surface area contributed by atoms with Crippen molar-refractivity contribution in [2.45, 2.75) is 12.7 Å². The highest BCUT2D eigenvalue weighted by Gasteiger charge is 2.09. The second kappa shape index (κ2) is 6.41. The number of hydrogen-bond donors (Lipinski definition) is 0. The number of thioether (sulfide) groups is 1. The second-order valence-corrected chi connectivity index (χ2v) is 7.92. The Morgan fingerprint density at radius 3 is 2.80 bits per heavy atom. The molecule has 0 saturated carbocycles. The van der Waals surface area contributed by atoms with E-state index in [9.17, 15) is 8.42 Å². The Balaban J connectivity index is 1.93. The van der Waals surface area contributed by atoms with Crippen LogP contribution in [0.4, 0.5) is 0 Å². The molecule has 0 radical (unpaired) electrons. The summed E-state index contributed by atoms with van der Waals surface area (Å²) in [7, 11) is -2.91. The molecular formula is C13H16N2O3S2. The van der Waals surface area contributed by atoms with E-state index in [4.69, 9.17) is 4.42 Å². The molecule has 0 N–H and O–H groups in total. The van der Waals surface area contributed by atoms with Crippen LogP contribution in [0.25, 0.3) is 11.5 Å². The zero-order chi connectivity index (χ0) is 14.6. The lowest BCUT2D eigenvalue weighted by Crippen LogP contribution is -2.05. The van der Waals surface area contributed by atoms with E-state index in [1.807, 2.05) is 31.2 Å². The molecule has 0 spiro atoms. The summed E-state index contributed by atoms with van der Waals surface area (Å²) in [5, 5.41) is 7.98. The molecule has 2 aromatic rings. The van der Waals surface area contributed by atoms with Crippen LogP contribution in [0.15, 0.2) is 28.7 Å². The maximum absolute atomic E-state index is 11.0. The van der Waals surface area contributed by atoms with Crippen molar-refractivity contribution in [1.82, 2.24) is 10.2 Å². The normalized spacial score (nSPS) is 11.7. The van der Waals surface area contributed by atoms with Crippen LogP contribution in [0.1, 0.15) is 11.5 Å². The number of aryl methyl sites for hydroxylation is 1. The highest BCUT2D eigenvalue weighted by molar-refractivity contribution is 7.99. The monoisotopic (exact) mass is 312 g/mol. The van der Waals surface area contributed by atoms with Gasteiger partial charge in [0.05, 0.1) is 11.5 Å². The minimum atomic E-state index is -2.91. The molecule has 0 aliphatic rings. The third kappa shape index (κ3) is 4.64. The summed E-state index contributed by atoms with van der Waals surface area (Å²) in [6.45, 7) is 2.00. The molecule has 5 nitrogen and oxygen atoms in total. The smallest absolute Gasteiger partial charge is 0.247 e. The summed E-state index contributed by atoms with van der Waals surface area (Å²) < 4.78 is 27.6. The fourth-order valence-electron chi connectivity index (χ4n) is 1.58. The van der Waals surface area contributed by atoms with Crippen molar-refractivity contribution in [3.63, 3.8) is 0 Å². The van der Waals surface area contributed by atoms with Crippen LogP contribution in [0.5, 0.6) is 0 Å². The molecular weight excluding hydrogens is 296 g/mol. The maximum atomic E-state index is 11.0. The fraction of sp³-hybridized carbons (Fsp3) is 0.385. The molecule has 7 heteroatoms. The number of hydrogen-bond acceptors (Lipinski definition) is 6. The first-order valence-corrected chi connectivity index (χ1v) is 9.30. The predicted octanol–water partition coefficient (Wildman–Crippen LogP) is 2.32. The summed E-state index contributed by atoms with van der Waals surface area (Å²) in [4.78, 5) is 0. The molecule has 1 aromatic carbocycles. The van der Waals surface area contributed by atoms with Crippen molar-refractivity contribution in [3.05, 3.63) is 35.7 Å². The van der Waals surface area contributed by atoms with Gasteiger partial charge in [-0.3, -0.25) is 0 Å². The lowest BCUT2D eigenvalue weighted by molar-refractivity contribution is 0.528. The van der Waals surface area contributed by atoms with E-state index in [-0.39, 0.29) is 5.75 Å². The molecule has 1 heterocycles. The van der Waals surface area contributed by atoms with Gasteiger partial charge in [0.15, 0.2) is 0 Å². The van der Waals surface area contributed by atoms with Crippen molar-refractivity contribution in [2.75, 3.05) is 17.8 Å². The lowest BCUT2D eigenvalue weighted by Gasteiger charge is -1.97. The molecule has 0 unspecified atom stereocenters. The van der Waals surface area contributed by atoms with Gasteiger partial charge in [-0.25, -0.2) is 8.42 Å². The average Bonchev–Trinajstić information content (AvgIpc) is 2.82. The van der Waals surface area contributed by atoms with Crippen molar-refractivity contribution in [2.24, 2.45) is 0 Å². The van der Waals surface area contributed by atoms with E-state index in [1.165, 1.54) is 18.0 Å². The van der Waals surface area contributed by atoms with E-state index in [1.54, 1.807) is 0 Å². The topological polar surface area (TPSA) is 73.1 Å². The summed E-state index contributed by atoms with van der Waals surface area (Å²) in [5.41, 5.74) is 2.02. The third-order valence-corrected chi connectivity index (χ3v) is 4.70. The molecule has 0 atom stereocenters. The Morgan fingerprint density at radius 2 is 2.10 bits per heavy atom. The second-order valence-electron chi connectivity index (χ2n) is 4.55. The molecule has 0 saturated heterocycles. The van der Waals surface area contributed by atoms with Gasteiger partial charge in [0.25, 0.3) is 0 Å². The number of benzene rings is 1. The maximum Gasteiger partial charge on any atom is 0.247 e. The van der Waals surface area contributed by atoms with Crippen LogP contribution in [0.2, 0.25) is 0 Å². The van der Waals surface area contributed by atoms with Gasteiger partial charge >= 0.3 is 0 Å². The van der Waals surface area contributed by atoms with Crippen LogP contribution in [-0.4, -0.2) is 36.4 Å². The zero-order valence-electron chi connectivity index (χ0n) is 11.4. The van der Waals surface area contributed by atoms with Gasteiger partial charge in [0, 0.05) is 17.6 Å². The molecule has 0 fully saturated rings. The van der Waals surface area contributed by atoms with E-state index >= 15 is 0 Å². The number of nitrogens with zero attached hydrogens (tertiary/aromatic N) is 2. The van der Waals surface area contributed by atoms with Gasteiger partial charge < -0.3 is 4.42 Å². The molecule has 0 amide bonds. The standard InChI is InChI=1S/C13H16N2O3S2/c1-10-4-3-5-11(8-10)13-15-14-12(18-13)9-19-6-7-20(2,16)17/h3-5,8H,6-7,9H2,1-2H3. The van der Waals surface area contributed by atoms with Gasteiger partial charge in [-0.15, -0.1) is 10.2 Å². The van der Waals surface area contributed by atoms with Crippen molar-refractivity contribution < 1.29 is 12.8 Å². The highest BCUT2D eigenvalue weighted by Crippen LogP contribution is 2.20. The van der Waals surface area contributed by atoms with E-state index in [0.717, 1.165) is 11.1 Å². The summed E-state index contributed by atoms with van der Waals surface area (Å²) in [6, 6.07) is 7.84. The van der Waals surface area contributed by atoms with Gasteiger partial charge in [0.1, 0.15) is 9.84 Å². The Hall–Kier alpha value is -1.34. The van der Waals surface area contributed by atoms with Gasteiger partial charge in [-0.1, -0.05) is 17.7 Å². The quantitative estimate of drug-likeness (QED) is 0.762. The average molecular weight is 312 g/mol. The first-order valence-electron chi connectivity index (χ1n) is 6.09. The molecule has 20 heavy (non-hydrogen) atoms. The first-order chi connectivity index (χ1) is 9.44. The molecule has 0 aliphatic heterocycles. The molecule has 1 aromatic heterocycles. The van der Waals surface area contributed by atoms with Gasteiger partial charge in [-0.2, -0.15) is 11.8 Å². The lowest BCUT2D eigenvalue weighted by atomic mass is 10.1. The van der Waals surface area contributed by atoms with Crippen molar-refractivity contribution in [3.8, 4) is 11.5 Å². The van der Waals surface area contributed by atoms with E-state index in [0.29, 0.717) is 23.3 Å². The van der Waals surface area contributed by atoms with Crippen LogP contribution in [-0.2, 0) is 15.6 Å². The fourth-order valence-corrected chi connectivity index (χ4v) is 3.69. The molecule has 108 valence electrons. The van der Waals surface area contributed by atoms with Crippen LogP contribution < -0.4 is 0 Å². The number of rotatable bonds is 6. The van der Waals surface area contributed by atoms with Crippen molar-refractivity contribution >= 4 is 21.6 Å². The largest absolute Gasteiger partial charge is 0.420 e. The van der Waals surface area contributed by atoms with Crippen molar-refractivity contribution in [1.29, 1.82) is 0 Å². The predicted molar refractivity (Wildman–Crippen MR) is 80.3 cm³/mol. The van der Waals surface area contributed by atoms with Crippen LogP contribution >= 0.6 is 11.8 Å². The first kappa shape index (κ1) is 15.1. The summed E-state index contributed by atoms with van der Waals surface area (Å²) in [5.74, 6) is 2.22. The molecule has 0 bridgehead atoms. The third-order valence-electron chi connectivity index (χ3n) is 2.56. The Bertz CT molecular complexity index is 680. The van der Waals surface area contributed by atoms with Crippen LogP contribution in [0, 0.1) is 6.92 Å². The molecule has 0 aliphatic carbocycles. The van der Waals surface area contributed by atoms with E-state index in [2.05, 4.69) is 10.2 Å². The minimum Gasteiger partial charge on any atom is -0.420 e. The highest BCUT2D eigenvalue weighted by atomic mass is 32.2. The minimum absolute atomic E-state index is 0.163. The Kier molecular flexibility index (Phi) is 4.82. The SMILES string of the molecule is Cc1cccc(-c2nnc(CSCCS(C)(=O)=O)o2)c1. The summed E-state index contributed by atoms with van der Waals surface area (Å²) >= 11 is 1.47. The number of aromatic nitrogens is 2. The van der Waals surface area contributed by atoms with Crippen LogP contribution in [0.3, 0.4) is 0 Å². The van der Waals surface area contributed by atoms with Gasteiger partial charge in [-0.05, 0) is 19.1 Å². The number of sulfone groups is 1. The summed E-state index contributed by atoms with van der Waals surface area (Å²) in [6.07, 6.45) is 1.23. The Labute approximate surface area is 122 Å².